The Morgan fingerprint density at radius 3 is 3.16 bits per heavy atom. The SMILES string of the molecule is CC1CCC(=O)N(Cc2cc(C(=O)NN)no2)CC1. The lowest BCUT2D eigenvalue weighted by Gasteiger charge is -2.18. The van der Waals surface area contributed by atoms with Crippen LogP contribution in [0.3, 0.4) is 0 Å². The Morgan fingerprint density at radius 1 is 1.63 bits per heavy atom. The maximum Gasteiger partial charge on any atom is 0.287 e. The average Bonchev–Trinajstić information content (AvgIpc) is 2.82. The van der Waals surface area contributed by atoms with Gasteiger partial charge in [0.1, 0.15) is 0 Å². The molecule has 1 aliphatic heterocycles. The van der Waals surface area contributed by atoms with Crippen molar-refractivity contribution in [3.8, 4) is 0 Å². The van der Waals surface area contributed by atoms with Crippen molar-refractivity contribution in [3.63, 3.8) is 0 Å². The Kier molecular flexibility index (Phi) is 4.16. The molecule has 1 aliphatic rings. The minimum Gasteiger partial charge on any atom is -0.359 e. The summed E-state index contributed by atoms with van der Waals surface area (Å²) in [6.07, 6.45) is 2.47. The van der Waals surface area contributed by atoms with Crippen molar-refractivity contribution in [2.45, 2.75) is 32.7 Å². The van der Waals surface area contributed by atoms with Crippen LogP contribution >= 0.6 is 0 Å². The minimum absolute atomic E-state index is 0.116. The summed E-state index contributed by atoms with van der Waals surface area (Å²) in [5, 5.41) is 3.61. The largest absolute Gasteiger partial charge is 0.359 e. The van der Waals surface area contributed by atoms with E-state index in [1.807, 2.05) is 5.43 Å². The van der Waals surface area contributed by atoms with Crippen molar-refractivity contribution < 1.29 is 14.1 Å². The number of amides is 2. The van der Waals surface area contributed by atoms with E-state index in [9.17, 15) is 9.59 Å². The lowest BCUT2D eigenvalue weighted by atomic mass is 10.0. The summed E-state index contributed by atoms with van der Waals surface area (Å²) in [6, 6.07) is 1.50. The van der Waals surface area contributed by atoms with Crippen molar-refractivity contribution in [2.75, 3.05) is 6.54 Å². The zero-order valence-corrected chi connectivity index (χ0v) is 10.9. The predicted molar refractivity (Wildman–Crippen MR) is 66.6 cm³/mol. The number of hydrogen-bond acceptors (Lipinski definition) is 5. The molecule has 0 bridgehead atoms. The minimum atomic E-state index is -0.509. The molecule has 19 heavy (non-hydrogen) atoms. The van der Waals surface area contributed by atoms with Crippen molar-refractivity contribution >= 4 is 11.8 Å². The summed E-state index contributed by atoms with van der Waals surface area (Å²) in [6.45, 7) is 3.20. The molecule has 7 nitrogen and oxygen atoms in total. The topological polar surface area (TPSA) is 101 Å². The zero-order valence-electron chi connectivity index (χ0n) is 10.9. The van der Waals surface area contributed by atoms with Crippen LogP contribution < -0.4 is 11.3 Å². The first-order valence-electron chi connectivity index (χ1n) is 6.34. The second-order valence-electron chi connectivity index (χ2n) is 4.90. The first-order chi connectivity index (χ1) is 9.10. The number of likely N-dealkylation sites (tertiary alicyclic amines) is 1. The number of hydrogen-bond donors (Lipinski definition) is 2. The molecule has 0 spiro atoms. The smallest absolute Gasteiger partial charge is 0.287 e. The summed E-state index contributed by atoms with van der Waals surface area (Å²) < 4.78 is 5.05. The molecule has 0 aliphatic carbocycles. The van der Waals surface area contributed by atoms with Gasteiger partial charge >= 0.3 is 0 Å². The molecule has 1 saturated heterocycles. The Hall–Kier alpha value is -1.89. The molecule has 1 aromatic rings. The van der Waals surface area contributed by atoms with Crippen molar-refractivity contribution in [2.24, 2.45) is 11.8 Å². The highest BCUT2D eigenvalue weighted by atomic mass is 16.5. The fourth-order valence-electron chi connectivity index (χ4n) is 2.10. The van der Waals surface area contributed by atoms with Crippen molar-refractivity contribution in [1.82, 2.24) is 15.5 Å². The lowest BCUT2D eigenvalue weighted by molar-refractivity contribution is -0.131. The molecule has 1 atom stereocenters. The van der Waals surface area contributed by atoms with Crippen LogP contribution in [0.2, 0.25) is 0 Å². The van der Waals surface area contributed by atoms with Crippen LogP contribution in [0.4, 0.5) is 0 Å². The van der Waals surface area contributed by atoms with Gasteiger partial charge in [0.25, 0.3) is 5.91 Å². The molecule has 2 amide bonds. The highest BCUT2D eigenvalue weighted by molar-refractivity contribution is 5.91. The maximum atomic E-state index is 11.9. The average molecular weight is 266 g/mol. The maximum absolute atomic E-state index is 11.9. The van der Waals surface area contributed by atoms with Gasteiger partial charge in [0.05, 0.1) is 6.54 Å². The summed E-state index contributed by atoms with van der Waals surface area (Å²) >= 11 is 0. The monoisotopic (exact) mass is 266 g/mol. The molecule has 0 radical (unpaired) electrons. The number of nitrogens with two attached hydrogens (primary N) is 1. The van der Waals surface area contributed by atoms with Gasteiger partial charge < -0.3 is 9.42 Å². The summed E-state index contributed by atoms with van der Waals surface area (Å²) in [7, 11) is 0. The second-order valence-corrected chi connectivity index (χ2v) is 4.90. The third-order valence-corrected chi connectivity index (χ3v) is 3.36. The van der Waals surface area contributed by atoms with Crippen molar-refractivity contribution in [3.05, 3.63) is 17.5 Å². The third-order valence-electron chi connectivity index (χ3n) is 3.36. The second kappa shape index (κ2) is 5.83. The van der Waals surface area contributed by atoms with E-state index in [4.69, 9.17) is 10.4 Å². The van der Waals surface area contributed by atoms with Gasteiger partial charge in [-0.3, -0.25) is 15.0 Å². The van der Waals surface area contributed by atoms with Crippen LogP contribution in [0.1, 0.15) is 42.4 Å². The quantitative estimate of drug-likeness (QED) is 0.469. The van der Waals surface area contributed by atoms with Gasteiger partial charge in [-0.1, -0.05) is 12.1 Å². The number of carbonyl (C=O) groups is 2. The van der Waals surface area contributed by atoms with Crippen LogP contribution in [0.25, 0.3) is 0 Å². The summed E-state index contributed by atoms with van der Waals surface area (Å²) in [5.41, 5.74) is 2.10. The van der Waals surface area contributed by atoms with Crippen LogP contribution in [0.15, 0.2) is 10.6 Å². The molecule has 7 heteroatoms. The highest BCUT2D eigenvalue weighted by Gasteiger charge is 2.22. The molecule has 1 unspecified atom stereocenters. The molecule has 0 saturated carbocycles. The van der Waals surface area contributed by atoms with Gasteiger partial charge in [0.2, 0.25) is 5.91 Å². The number of aromatic nitrogens is 1. The molecule has 1 aromatic heterocycles. The predicted octanol–water partition coefficient (Wildman–Crippen LogP) is 0.427. The van der Waals surface area contributed by atoms with E-state index < -0.39 is 5.91 Å². The summed E-state index contributed by atoms with van der Waals surface area (Å²) in [5.74, 6) is 5.66. The van der Waals surface area contributed by atoms with Gasteiger partial charge in [-0.2, -0.15) is 0 Å². The highest BCUT2D eigenvalue weighted by Crippen LogP contribution is 2.19. The number of nitrogens with one attached hydrogen (secondary N) is 1. The molecule has 0 aromatic carbocycles. The van der Waals surface area contributed by atoms with Crippen LogP contribution in [0, 0.1) is 5.92 Å². The lowest BCUT2D eigenvalue weighted by Crippen LogP contribution is -2.30. The van der Waals surface area contributed by atoms with Gasteiger partial charge in [-0.15, -0.1) is 0 Å². The molecular formula is C12H18N4O3. The van der Waals surface area contributed by atoms with Gasteiger partial charge in [0.15, 0.2) is 11.5 Å². The number of carbonyl (C=O) groups excluding carboxylic acids is 2. The fourth-order valence-corrected chi connectivity index (χ4v) is 2.10. The van der Waals surface area contributed by atoms with E-state index in [0.717, 1.165) is 12.8 Å². The van der Waals surface area contributed by atoms with E-state index in [1.54, 1.807) is 4.90 Å². The van der Waals surface area contributed by atoms with Crippen LogP contribution in [-0.2, 0) is 11.3 Å². The molecule has 2 heterocycles. The molecule has 2 rings (SSSR count). The van der Waals surface area contributed by atoms with Crippen molar-refractivity contribution in [1.29, 1.82) is 0 Å². The Morgan fingerprint density at radius 2 is 2.42 bits per heavy atom. The van der Waals surface area contributed by atoms with E-state index in [1.165, 1.54) is 6.07 Å². The van der Waals surface area contributed by atoms with E-state index in [0.29, 0.717) is 31.2 Å². The first kappa shape index (κ1) is 13.5. The number of nitrogens with zero attached hydrogens (tertiary/aromatic N) is 2. The Balaban J connectivity index is 2.01. The molecular weight excluding hydrogens is 248 g/mol. The molecule has 1 fully saturated rings. The zero-order chi connectivity index (χ0) is 13.8. The molecule has 104 valence electrons. The van der Waals surface area contributed by atoms with Gasteiger partial charge in [0, 0.05) is 19.0 Å². The van der Waals surface area contributed by atoms with Gasteiger partial charge in [-0.05, 0) is 18.8 Å². The third kappa shape index (κ3) is 3.31. The number of rotatable bonds is 3. The Bertz CT molecular complexity index is 471. The Labute approximate surface area is 111 Å². The number of hydrazine groups is 1. The standard InChI is InChI=1S/C12H18N4O3/c1-8-2-3-11(17)16(5-4-8)7-9-6-10(15-19-9)12(18)14-13/h6,8H,2-5,7,13H2,1H3,(H,14,18). The fraction of sp³-hybridized carbons (Fsp3) is 0.583. The van der Waals surface area contributed by atoms with Crippen LogP contribution in [0.5, 0.6) is 0 Å². The van der Waals surface area contributed by atoms with E-state index >= 15 is 0 Å². The van der Waals surface area contributed by atoms with Crippen LogP contribution in [-0.4, -0.2) is 28.4 Å². The molecule has 3 N–H and O–H groups in total. The normalized spacial score (nSPS) is 20.2. The van der Waals surface area contributed by atoms with E-state index in [-0.39, 0.29) is 11.6 Å². The summed E-state index contributed by atoms with van der Waals surface area (Å²) in [4.78, 5) is 24.9. The number of nitrogen functional groups attached to an aromatic ring is 1. The van der Waals surface area contributed by atoms with Gasteiger partial charge in [-0.25, -0.2) is 5.84 Å². The first-order valence-corrected chi connectivity index (χ1v) is 6.34. The van der Waals surface area contributed by atoms with E-state index in [2.05, 4.69) is 12.1 Å².